The zero-order valence-electron chi connectivity index (χ0n) is 9.98. The number of hydrogen-bond acceptors (Lipinski definition) is 3. The van der Waals surface area contributed by atoms with Crippen LogP contribution in [0.3, 0.4) is 0 Å². The van der Waals surface area contributed by atoms with E-state index in [9.17, 15) is 17.6 Å². The van der Waals surface area contributed by atoms with Crippen molar-refractivity contribution in [3.8, 4) is 12.3 Å². The molecule has 0 aliphatic heterocycles. The highest BCUT2D eigenvalue weighted by Crippen LogP contribution is 2.18. The van der Waals surface area contributed by atoms with Gasteiger partial charge in [0.05, 0.1) is 4.90 Å². The van der Waals surface area contributed by atoms with E-state index >= 15 is 0 Å². The molecule has 4 nitrogen and oxygen atoms in total. The largest absolute Gasteiger partial charge is 0.349 e. The molecular weight excluding hydrogens is 293 g/mol. The zero-order valence-corrected chi connectivity index (χ0v) is 11.6. The molecule has 1 aromatic rings. The van der Waals surface area contributed by atoms with Gasteiger partial charge in [0.2, 0.25) is 0 Å². The third-order valence-electron chi connectivity index (χ3n) is 2.22. The second kappa shape index (κ2) is 6.04. The van der Waals surface area contributed by atoms with E-state index in [0.717, 1.165) is 18.2 Å². The SMILES string of the molecule is C#CCC(C)NC(=O)c1cc(F)cc(S(=O)(=O)Cl)c1. The van der Waals surface area contributed by atoms with E-state index in [-0.39, 0.29) is 11.6 Å². The summed E-state index contributed by atoms with van der Waals surface area (Å²) in [6.07, 6.45) is 5.40. The number of rotatable bonds is 4. The second-order valence-electron chi connectivity index (χ2n) is 3.90. The minimum absolute atomic E-state index is 0.136. The highest BCUT2D eigenvalue weighted by Gasteiger charge is 2.16. The zero-order chi connectivity index (χ0) is 14.6. The van der Waals surface area contributed by atoms with Crippen LogP contribution in [0, 0.1) is 18.2 Å². The Morgan fingerprint density at radius 2 is 2.16 bits per heavy atom. The Hall–Kier alpha value is -1.58. The molecule has 0 aliphatic carbocycles. The maximum absolute atomic E-state index is 13.3. The Bertz CT molecular complexity index is 637. The summed E-state index contributed by atoms with van der Waals surface area (Å²) >= 11 is 0. The molecular formula is C12H11ClFNO3S. The summed E-state index contributed by atoms with van der Waals surface area (Å²) in [5, 5.41) is 2.52. The van der Waals surface area contributed by atoms with Crippen molar-refractivity contribution in [2.45, 2.75) is 24.3 Å². The third kappa shape index (κ3) is 4.54. The molecule has 1 N–H and O–H groups in total. The van der Waals surface area contributed by atoms with Gasteiger partial charge in [0, 0.05) is 28.7 Å². The average Bonchev–Trinajstić information content (AvgIpc) is 2.27. The molecule has 0 radical (unpaired) electrons. The van der Waals surface area contributed by atoms with Gasteiger partial charge in [-0.3, -0.25) is 4.79 Å². The Balaban J connectivity index is 3.05. The number of amides is 1. The van der Waals surface area contributed by atoms with Gasteiger partial charge in [-0.15, -0.1) is 12.3 Å². The molecule has 1 unspecified atom stereocenters. The van der Waals surface area contributed by atoms with Crippen LogP contribution in [0.15, 0.2) is 23.1 Å². The summed E-state index contributed by atoms with van der Waals surface area (Å²) in [6.45, 7) is 1.68. The second-order valence-corrected chi connectivity index (χ2v) is 6.46. The standard InChI is InChI=1S/C12H11ClFNO3S/c1-3-4-8(2)15-12(16)9-5-10(14)7-11(6-9)19(13,17)18/h1,5-8H,4H2,2H3,(H,15,16). The van der Waals surface area contributed by atoms with E-state index in [2.05, 4.69) is 11.2 Å². The molecule has 0 heterocycles. The van der Waals surface area contributed by atoms with Gasteiger partial charge >= 0.3 is 0 Å². The van der Waals surface area contributed by atoms with E-state index in [1.165, 1.54) is 0 Å². The molecule has 1 amide bonds. The Kier molecular flexibility index (Phi) is 4.92. The normalized spacial score (nSPS) is 12.5. The van der Waals surface area contributed by atoms with E-state index < -0.39 is 25.7 Å². The van der Waals surface area contributed by atoms with E-state index in [1.54, 1.807) is 6.92 Å². The Morgan fingerprint density at radius 1 is 1.53 bits per heavy atom. The van der Waals surface area contributed by atoms with E-state index in [0.29, 0.717) is 6.42 Å². The predicted molar refractivity (Wildman–Crippen MR) is 69.8 cm³/mol. The number of halogens is 2. The maximum atomic E-state index is 13.3. The van der Waals surface area contributed by atoms with Crippen molar-refractivity contribution >= 4 is 25.6 Å². The fourth-order valence-corrected chi connectivity index (χ4v) is 2.16. The molecule has 0 saturated carbocycles. The van der Waals surface area contributed by atoms with Crippen molar-refractivity contribution < 1.29 is 17.6 Å². The van der Waals surface area contributed by atoms with Gasteiger partial charge in [-0.25, -0.2) is 12.8 Å². The van der Waals surface area contributed by atoms with Gasteiger partial charge < -0.3 is 5.32 Å². The van der Waals surface area contributed by atoms with Crippen molar-refractivity contribution in [3.63, 3.8) is 0 Å². The fourth-order valence-electron chi connectivity index (χ4n) is 1.37. The minimum atomic E-state index is -4.10. The Morgan fingerprint density at radius 3 is 2.68 bits per heavy atom. The lowest BCUT2D eigenvalue weighted by atomic mass is 10.1. The predicted octanol–water partition coefficient (Wildman–Crippen LogP) is 1.89. The van der Waals surface area contributed by atoms with Crippen LogP contribution in [0.4, 0.5) is 4.39 Å². The summed E-state index contributed by atoms with van der Waals surface area (Å²) in [6, 6.07) is 2.36. The van der Waals surface area contributed by atoms with Crippen LogP contribution < -0.4 is 5.32 Å². The van der Waals surface area contributed by atoms with Crippen molar-refractivity contribution in [3.05, 3.63) is 29.6 Å². The van der Waals surface area contributed by atoms with E-state index in [1.807, 2.05) is 0 Å². The number of terminal acetylenes is 1. The van der Waals surface area contributed by atoms with Crippen molar-refractivity contribution in [1.82, 2.24) is 5.32 Å². The summed E-state index contributed by atoms with van der Waals surface area (Å²) in [5.41, 5.74) is -0.136. The monoisotopic (exact) mass is 303 g/mol. The number of nitrogens with one attached hydrogen (secondary N) is 1. The first-order valence-electron chi connectivity index (χ1n) is 5.23. The molecule has 0 saturated heterocycles. The van der Waals surface area contributed by atoms with Gasteiger partial charge in [0.25, 0.3) is 15.0 Å². The number of hydrogen-bond donors (Lipinski definition) is 1. The molecule has 0 spiro atoms. The van der Waals surface area contributed by atoms with Gasteiger partial charge in [-0.05, 0) is 25.1 Å². The molecule has 1 rings (SSSR count). The first-order valence-corrected chi connectivity index (χ1v) is 7.54. The number of carbonyl (C=O) groups excluding carboxylic acids is 1. The fraction of sp³-hybridized carbons (Fsp3) is 0.250. The molecule has 1 aromatic carbocycles. The molecule has 0 bridgehead atoms. The lowest BCUT2D eigenvalue weighted by molar-refractivity contribution is 0.0940. The molecule has 7 heteroatoms. The summed E-state index contributed by atoms with van der Waals surface area (Å²) < 4.78 is 35.5. The molecule has 0 fully saturated rings. The Labute approximate surface area is 115 Å². The third-order valence-corrected chi connectivity index (χ3v) is 3.55. The number of benzene rings is 1. The summed E-state index contributed by atoms with van der Waals surface area (Å²) in [5.74, 6) is 0.880. The van der Waals surface area contributed by atoms with Gasteiger partial charge in [0.15, 0.2) is 0 Å². The molecule has 19 heavy (non-hydrogen) atoms. The first-order chi connectivity index (χ1) is 8.74. The van der Waals surface area contributed by atoms with Crippen LogP contribution >= 0.6 is 10.7 Å². The van der Waals surface area contributed by atoms with Crippen LogP contribution in [0.5, 0.6) is 0 Å². The van der Waals surface area contributed by atoms with Crippen molar-refractivity contribution in [2.24, 2.45) is 0 Å². The van der Waals surface area contributed by atoms with Crippen LogP contribution in [0.1, 0.15) is 23.7 Å². The minimum Gasteiger partial charge on any atom is -0.349 e. The lowest BCUT2D eigenvalue weighted by Crippen LogP contribution is -2.32. The van der Waals surface area contributed by atoms with Crippen LogP contribution in [-0.2, 0) is 9.05 Å². The van der Waals surface area contributed by atoms with Gasteiger partial charge in [-0.2, -0.15) is 0 Å². The topological polar surface area (TPSA) is 63.2 Å². The van der Waals surface area contributed by atoms with Crippen molar-refractivity contribution in [2.75, 3.05) is 0 Å². The summed E-state index contributed by atoms with van der Waals surface area (Å²) in [7, 11) is 1.01. The molecule has 0 aliphatic rings. The number of carbonyl (C=O) groups is 1. The smallest absolute Gasteiger partial charge is 0.261 e. The van der Waals surface area contributed by atoms with Crippen molar-refractivity contribution in [1.29, 1.82) is 0 Å². The van der Waals surface area contributed by atoms with Gasteiger partial charge in [-0.1, -0.05) is 0 Å². The highest BCUT2D eigenvalue weighted by molar-refractivity contribution is 8.13. The quantitative estimate of drug-likeness (QED) is 0.682. The lowest BCUT2D eigenvalue weighted by Gasteiger charge is -2.11. The first kappa shape index (κ1) is 15.5. The molecule has 1 atom stereocenters. The summed E-state index contributed by atoms with van der Waals surface area (Å²) in [4.78, 5) is 11.3. The highest BCUT2D eigenvalue weighted by atomic mass is 35.7. The molecule has 0 aromatic heterocycles. The molecule has 102 valence electrons. The van der Waals surface area contributed by atoms with Crippen LogP contribution in [0.2, 0.25) is 0 Å². The van der Waals surface area contributed by atoms with Crippen LogP contribution in [-0.4, -0.2) is 20.4 Å². The van der Waals surface area contributed by atoms with Crippen LogP contribution in [0.25, 0.3) is 0 Å². The maximum Gasteiger partial charge on any atom is 0.261 e. The van der Waals surface area contributed by atoms with Gasteiger partial charge in [0.1, 0.15) is 5.82 Å². The average molecular weight is 304 g/mol. The van der Waals surface area contributed by atoms with E-state index in [4.69, 9.17) is 17.1 Å².